The molecule has 0 atom stereocenters. The summed E-state index contributed by atoms with van der Waals surface area (Å²) in [5, 5.41) is 11.8. The van der Waals surface area contributed by atoms with Gasteiger partial charge >= 0.3 is 12.0 Å². The van der Waals surface area contributed by atoms with E-state index in [4.69, 9.17) is 9.84 Å². The molecule has 2 rings (SSSR count). The predicted molar refractivity (Wildman–Crippen MR) is 90.9 cm³/mol. The van der Waals surface area contributed by atoms with E-state index in [1.807, 2.05) is 26.0 Å². The van der Waals surface area contributed by atoms with Gasteiger partial charge in [-0.1, -0.05) is 23.8 Å². The Hall–Kier alpha value is -2.08. The van der Waals surface area contributed by atoms with Gasteiger partial charge in [0.25, 0.3) is 0 Å². The fourth-order valence-electron chi connectivity index (χ4n) is 2.89. The molecule has 1 aromatic carbocycles. The number of nitrogens with zero attached hydrogens (tertiary/aromatic N) is 1. The van der Waals surface area contributed by atoms with Crippen molar-refractivity contribution >= 4 is 12.0 Å². The van der Waals surface area contributed by atoms with Crippen molar-refractivity contribution in [1.29, 1.82) is 0 Å². The number of aliphatic carboxylic acids is 1. The molecular weight excluding hydrogens is 308 g/mol. The Kier molecular flexibility index (Phi) is 6.20. The Labute approximate surface area is 142 Å². The summed E-state index contributed by atoms with van der Waals surface area (Å²) in [6.07, 6.45) is 1.01. The first kappa shape index (κ1) is 18.3. The van der Waals surface area contributed by atoms with Gasteiger partial charge in [0.2, 0.25) is 0 Å². The molecule has 1 saturated carbocycles. The molecule has 6 heteroatoms. The van der Waals surface area contributed by atoms with Crippen LogP contribution in [0.15, 0.2) is 18.2 Å². The molecule has 2 amide bonds. The Morgan fingerprint density at radius 1 is 1.33 bits per heavy atom. The third-order valence-corrected chi connectivity index (χ3v) is 4.53. The van der Waals surface area contributed by atoms with Gasteiger partial charge in [-0.15, -0.1) is 0 Å². The predicted octanol–water partition coefficient (Wildman–Crippen LogP) is 2.32. The summed E-state index contributed by atoms with van der Waals surface area (Å²) in [7, 11) is 1.61. The van der Waals surface area contributed by atoms with Crippen LogP contribution in [0.25, 0.3) is 0 Å². The zero-order valence-corrected chi connectivity index (χ0v) is 14.5. The second kappa shape index (κ2) is 8.15. The molecule has 0 bridgehead atoms. The highest BCUT2D eigenvalue weighted by molar-refractivity contribution is 5.76. The largest absolute Gasteiger partial charge is 0.481 e. The maximum absolute atomic E-state index is 12.5. The average Bonchev–Trinajstić information content (AvgIpc) is 2.48. The Morgan fingerprint density at radius 2 is 2.04 bits per heavy atom. The lowest BCUT2D eigenvalue weighted by Crippen LogP contribution is -2.51. The van der Waals surface area contributed by atoms with E-state index in [-0.39, 0.29) is 18.0 Å². The summed E-state index contributed by atoms with van der Waals surface area (Å²) in [5.41, 5.74) is 3.45. The molecule has 1 aromatic rings. The van der Waals surface area contributed by atoms with Gasteiger partial charge in [-0.05, 0) is 37.8 Å². The fraction of sp³-hybridized carbons (Fsp3) is 0.556. The molecule has 0 aliphatic heterocycles. The van der Waals surface area contributed by atoms with E-state index in [9.17, 15) is 9.59 Å². The van der Waals surface area contributed by atoms with Gasteiger partial charge in [-0.2, -0.15) is 0 Å². The van der Waals surface area contributed by atoms with Crippen molar-refractivity contribution in [3.05, 3.63) is 34.9 Å². The lowest BCUT2D eigenvalue weighted by Gasteiger charge is -2.35. The van der Waals surface area contributed by atoms with Crippen molar-refractivity contribution in [2.75, 3.05) is 20.3 Å². The number of nitrogens with one attached hydrogen (secondary N) is 1. The van der Waals surface area contributed by atoms with Crippen LogP contribution < -0.4 is 5.32 Å². The smallest absolute Gasteiger partial charge is 0.317 e. The zero-order valence-electron chi connectivity index (χ0n) is 14.5. The van der Waals surface area contributed by atoms with Gasteiger partial charge in [0.15, 0.2) is 0 Å². The molecule has 0 radical (unpaired) electrons. The van der Waals surface area contributed by atoms with E-state index in [0.29, 0.717) is 32.5 Å². The number of benzene rings is 1. The zero-order chi connectivity index (χ0) is 17.7. The highest BCUT2D eigenvalue weighted by Gasteiger charge is 2.35. The maximum Gasteiger partial charge on any atom is 0.317 e. The number of carbonyl (C=O) groups is 2. The van der Waals surface area contributed by atoms with Crippen LogP contribution in [0.4, 0.5) is 4.79 Å². The minimum Gasteiger partial charge on any atom is -0.481 e. The first-order chi connectivity index (χ1) is 11.4. The van der Waals surface area contributed by atoms with E-state index < -0.39 is 5.97 Å². The lowest BCUT2D eigenvalue weighted by molar-refractivity contribution is -0.145. The number of carboxylic acids is 1. The van der Waals surface area contributed by atoms with Gasteiger partial charge < -0.3 is 20.1 Å². The third-order valence-electron chi connectivity index (χ3n) is 4.53. The SMILES string of the molecule is COCCN(Cc1ccc(C)cc1C)C(=O)NC1CC(C(=O)O)C1. The number of ether oxygens (including phenoxy) is 1. The van der Waals surface area contributed by atoms with Crippen LogP contribution in [-0.4, -0.2) is 48.3 Å². The first-order valence-electron chi connectivity index (χ1n) is 8.24. The monoisotopic (exact) mass is 334 g/mol. The van der Waals surface area contributed by atoms with Crippen molar-refractivity contribution < 1.29 is 19.4 Å². The summed E-state index contributed by atoms with van der Waals surface area (Å²) in [6.45, 7) is 5.54. The normalized spacial score (nSPS) is 19.5. The molecule has 0 aromatic heterocycles. The molecule has 1 aliphatic carbocycles. The van der Waals surface area contributed by atoms with Gasteiger partial charge in [-0.3, -0.25) is 4.79 Å². The van der Waals surface area contributed by atoms with Crippen molar-refractivity contribution in [1.82, 2.24) is 10.2 Å². The molecule has 1 fully saturated rings. The number of carboxylic acid groups (broad SMARTS) is 1. The highest BCUT2D eigenvalue weighted by atomic mass is 16.5. The van der Waals surface area contributed by atoms with Gasteiger partial charge in [-0.25, -0.2) is 4.79 Å². The molecule has 6 nitrogen and oxygen atoms in total. The number of amides is 2. The topological polar surface area (TPSA) is 78.9 Å². The van der Waals surface area contributed by atoms with Crippen LogP contribution in [0.2, 0.25) is 0 Å². The molecule has 0 heterocycles. The summed E-state index contributed by atoms with van der Waals surface area (Å²) < 4.78 is 5.10. The van der Waals surface area contributed by atoms with Crippen LogP contribution >= 0.6 is 0 Å². The van der Waals surface area contributed by atoms with Crippen LogP contribution in [-0.2, 0) is 16.1 Å². The number of carbonyl (C=O) groups excluding carboxylic acids is 1. The third kappa shape index (κ3) is 4.71. The Morgan fingerprint density at radius 3 is 2.62 bits per heavy atom. The second-order valence-corrected chi connectivity index (χ2v) is 6.50. The molecule has 0 unspecified atom stereocenters. The van der Waals surface area contributed by atoms with E-state index in [2.05, 4.69) is 11.4 Å². The standard InChI is InChI=1S/C18H26N2O4/c1-12-4-5-14(13(2)8-12)11-20(6-7-24-3)18(23)19-16-9-15(10-16)17(21)22/h4-5,8,15-16H,6-7,9-11H2,1-3H3,(H,19,23)(H,21,22). The second-order valence-electron chi connectivity index (χ2n) is 6.50. The highest BCUT2D eigenvalue weighted by Crippen LogP contribution is 2.27. The molecule has 0 spiro atoms. The molecule has 24 heavy (non-hydrogen) atoms. The quantitative estimate of drug-likeness (QED) is 0.802. The number of aryl methyl sites for hydroxylation is 2. The van der Waals surface area contributed by atoms with Gasteiger partial charge in [0.1, 0.15) is 0 Å². The van der Waals surface area contributed by atoms with E-state index in [1.165, 1.54) is 5.56 Å². The van der Waals surface area contributed by atoms with Gasteiger partial charge in [0.05, 0.1) is 12.5 Å². The van der Waals surface area contributed by atoms with Crippen LogP contribution in [0.1, 0.15) is 29.5 Å². The minimum atomic E-state index is -0.785. The van der Waals surface area contributed by atoms with Crippen LogP contribution in [0, 0.1) is 19.8 Å². The number of hydrogen-bond acceptors (Lipinski definition) is 3. The molecule has 1 aliphatic rings. The Bertz CT molecular complexity index is 597. The van der Waals surface area contributed by atoms with Crippen molar-refractivity contribution in [3.8, 4) is 0 Å². The van der Waals surface area contributed by atoms with Gasteiger partial charge in [0, 0.05) is 26.2 Å². The van der Waals surface area contributed by atoms with Crippen LogP contribution in [0.3, 0.4) is 0 Å². The van der Waals surface area contributed by atoms with Crippen molar-refractivity contribution in [3.63, 3.8) is 0 Å². The number of urea groups is 1. The minimum absolute atomic E-state index is 0.0530. The van der Waals surface area contributed by atoms with Crippen LogP contribution in [0.5, 0.6) is 0 Å². The number of hydrogen-bond donors (Lipinski definition) is 2. The Balaban J connectivity index is 1.96. The van der Waals surface area contributed by atoms with E-state index in [0.717, 1.165) is 11.1 Å². The summed E-state index contributed by atoms with van der Waals surface area (Å²) in [6, 6.07) is 5.97. The number of rotatable bonds is 7. The summed E-state index contributed by atoms with van der Waals surface area (Å²) in [5.74, 6) is -1.12. The fourth-order valence-corrected chi connectivity index (χ4v) is 2.89. The summed E-state index contributed by atoms with van der Waals surface area (Å²) >= 11 is 0. The molecular formula is C18H26N2O4. The number of methoxy groups -OCH3 is 1. The molecule has 132 valence electrons. The van der Waals surface area contributed by atoms with E-state index >= 15 is 0 Å². The molecule has 2 N–H and O–H groups in total. The maximum atomic E-state index is 12.5. The average molecular weight is 334 g/mol. The lowest BCUT2D eigenvalue weighted by atomic mass is 9.80. The van der Waals surface area contributed by atoms with Crippen molar-refractivity contribution in [2.24, 2.45) is 5.92 Å². The van der Waals surface area contributed by atoms with Crippen molar-refractivity contribution in [2.45, 2.75) is 39.3 Å². The summed E-state index contributed by atoms with van der Waals surface area (Å²) in [4.78, 5) is 25.1. The molecule has 0 saturated heterocycles. The first-order valence-corrected chi connectivity index (χ1v) is 8.24. The van der Waals surface area contributed by atoms with E-state index in [1.54, 1.807) is 12.0 Å².